The zero-order valence-electron chi connectivity index (χ0n) is 14.6. The Morgan fingerprint density at radius 1 is 0.760 bits per heavy atom. The van der Waals surface area contributed by atoms with Crippen molar-refractivity contribution in [3.63, 3.8) is 0 Å². The number of hydrogen-bond acceptors (Lipinski definition) is 0. The molecule has 128 valence electrons. The summed E-state index contributed by atoms with van der Waals surface area (Å²) in [7, 11) is 0. The van der Waals surface area contributed by atoms with Crippen LogP contribution in [0.1, 0.15) is 38.5 Å². The van der Waals surface area contributed by atoms with Crippen LogP contribution >= 0.6 is 0 Å². The van der Waals surface area contributed by atoms with E-state index < -0.39 is 0 Å². The van der Waals surface area contributed by atoms with E-state index in [9.17, 15) is 0 Å². The van der Waals surface area contributed by atoms with Crippen LogP contribution in [0, 0.1) is 0 Å². The van der Waals surface area contributed by atoms with Gasteiger partial charge in [-0.05, 0) is 0 Å². The molecule has 0 amide bonds. The zero-order chi connectivity index (χ0) is 16.9. The van der Waals surface area contributed by atoms with Crippen molar-refractivity contribution >= 4 is 45.6 Å². The van der Waals surface area contributed by atoms with E-state index in [0.717, 1.165) is 18.3 Å². The molecule has 2 aromatic carbocycles. The van der Waals surface area contributed by atoms with Crippen LogP contribution in [0.15, 0.2) is 70.0 Å². The van der Waals surface area contributed by atoms with E-state index >= 15 is 0 Å². The molecule has 0 radical (unpaired) electrons. The molecular weight excluding hydrogens is 433 g/mol. The summed E-state index contributed by atoms with van der Waals surface area (Å²) < 4.78 is 4.88. The van der Waals surface area contributed by atoms with Crippen LogP contribution in [0.4, 0.5) is 0 Å². The first-order valence-corrected chi connectivity index (χ1v) is 13.1. The average molecular weight is 458 g/mol. The zero-order valence-corrected chi connectivity index (χ0v) is 18.1. The quantitative estimate of drug-likeness (QED) is 0.594. The standard InChI is InChI=1S/C22H25BSe2/c1-3-13-20(14-4-1)24-17-22(25-21-15-5-2-6-16-21)23-18-9-7-10-19(23)12-8-11-18/h1-6,13-19H,7-12H2/b22-17-. The summed E-state index contributed by atoms with van der Waals surface area (Å²) in [5.41, 5.74) is 0. The van der Waals surface area contributed by atoms with Gasteiger partial charge in [0.05, 0.1) is 0 Å². The maximum absolute atomic E-state index is 2.68. The molecule has 0 atom stereocenters. The molecule has 0 spiro atoms. The molecule has 0 saturated carbocycles. The first-order valence-electron chi connectivity index (χ1n) is 9.55. The van der Waals surface area contributed by atoms with Gasteiger partial charge in [0.25, 0.3) is 0 Å². The van der Waals surface area contributed by atoms with Gasteiger partial charge >= 0.3 is 166 Å². The fourth-order valence-corrected chi connectivity index (χ4v) is 9.51. The Morgan fingerprint density at radius 2 is 1.28 bits per heavy atom. The van der Waals surface area contributed by atoms with Crippen molar-refractivity contribution in [1.29, 1.82) is 0 Å². The molecule has 2 bridgehead atoms. The van der Waals surface area contributed by atoms with E-state index in [1.807, 2.05) is 4.37 Å². The molecule has 0 aromatic heterocycles. The third kappa shape index (κ3) is 4.52. The first kappa shape index (κ1) is 17.7. The Morgan fingerprint density at radius 3 is 1.84 bits per heavy atom. The second-order valence-electron chi connectivity index (χ2n) is 7.27. The molecule has 0 unspecified atom stereocenters. The van der Waals surface area contributed by atoms with Crippen LogP contribution in [-0.4, -0.2) is 36.6 Å². The minimum absolute atomic E-state index is 0.471. The van der Waals surface area contributed by atoms with Gasteiger partial charge in [0.1, 0.15) is 0 Å². The molecule has 0 aliphatic carbocycles. The summed E-state index contributed by atoms with van der Waals surface area (Å²) in [6, 6.07) is 22.3. The summed E-state index contributed by atoms with van der Waals surface area (Å²) in [6.07, 6.45) is 8.84. The molecule has 2 heterocycles. The monoisotopic (exact) mass is 460 g/mol. The van der Waals surface area contributed by atoms with E-state index in [-0.39, 0.29) is 0 Å². The van der Waals surface area contributed by atoms with Crippen molar-refractivity contribution in [3.05, 3.63) is 70.0 Å². The Balaban J connectivity index is 1.60. The van der Waals surface area contributed by atoms with Gasteiger partial charge in [-0.25, -0.2) is 0 Å². The van der Waals surface area contributed by atoms with Crippen LogP contribution in [0.25, 0.3) is 0 Å². The molecule has 2 saturated heterocycles. The van der Waals surface area contributed by atoms with Crippen molar-refractivity contribution in [3.8, 4) is 0 Å². The number of fused-ring (bicyclic) bond motifs is 2. The third-order valence-electron chi connectivity index (χ3n) is 5.68. The molecule has 4 rings (SSSR count). The third-order valence-corrected chi connectivity index (χ3v) is 10.7. The summed E-state index contributed by atoms with van der Waals surface area (Å²) in [5.74, 6) is 1.94. The Labute approximate surface area is 165 Å². The van der Waals surface area contributed by atoms with Gasteiger partial charge in [-0.15, -0.1) is 0 Å². The van der Waals surface area contributed by atoms with E-state index in [2.05, 4.69) is 65.6 Å². The molecule has 25 heavy (non-hydrogen) atoms. The fraction of sp³-hybridized carbons (Fsp3) is 0.364. The average Bonchev–Trinajstić information content (AvgIpc) is 2.66. The van der Waals surface area contributed by atoms with Crippen LogP contribution < -0.4 is 8.92 Å². The summed E-state index contributed by atoms with van der Waals surface area (Å²) in [4.78, 5) is 2.68. The predicted octanol–water partition coefficient (Wildman–Crippen LogP) is 4.03. The van der Waals surface area contributed by atoms with Crippen molar-refractivity contribution in [2.45, 2.75) is 50.2 Å². The Hall–Kier alpha value is -0.716. The van der Waals surface area contributed by atoms with E-state index in [4.69, 9.17) is 0 Å². The SMILES string of the molecule is C(/[Se]c1ccccc1)=C(/[Se]c1ccccc1)B1C2CCCC1CCC2. The Bertz CT molecular complexity index is 676. The normalized spacial score (nSPS) is 23.5. The number of benzene rings is 2. The summed E-state index contributed by atoms with van der Waals surface area (Å²) >= 11 is 0.965. The summed E-state index contributed by atoms with van der Waals surface area (Å²) in [6.45, 7) is 0.883. The summed E-state index contributed by atoms with van der Waals surface area (Å²) in [5, 5.41) is 0. The van der Waals surface area contributed by atoms with Crippen LogP contribution in [0.3, 0.4) is 0 Å². The van der Waals surface area contributed by atoms with Gasteiger partial charge < -0.3 is 0 Å². The molecule has 0 N–H and O–H groups in total. The van der Waals surface area contributed by atoms with Gasteiger partial charge in [-0.2, -0.15) is 0 Å². The number of hydrogen-bond donors (Lipinski definition) is 0. The van der Waals surface area contributed by atoms with Crippen molar-refractivity contribution in [2.24, 2.45) is 0 Å². The molecular formula is C22H25BSe2. The molecule has 0 nitrogen and oxygen atoms in total. The van der Waals surface area contributed by atoms with Crippen molar-refractivity contribution < 1.29 is 0 Å². The van der Waals surface area contributed by atoms with Crippen LogP contribution in [0.2, 0.25) is 11.6 Å². The fourth-order valence-electron chi connectivity index (χ4n) is 4.56. The van der Waals surface area contributed by atoms with Gasteiger partial charge in [0.2, 0.25) is 0 Å². The Kier molecular flexibility index (Phi) is 6.21. The maximum atomic E-state index is 2.68. The van der Waals surface area contributed by atoms with Crippen LogP contribution in [-0.2, 0) is 0 Å². The second kappa shape index (κ2) is 8.78. The second-order valence-corrected chi connectivity index (χ2v) is 11.7. The molecule has 2 aliphatic rings. The van der Waals surface area contributed by atoms with Crippen molar-refractivity contribution in [1.82, 2.24) is 0 Å². The van der Waals surface area contributed by atoms with Gasteiger partial charge in [-0.1, -0.05) is 0 Å². The van der Waals surface area contributed by atoms with Crippen molar-refractivity contribution in [2.75, 3.05) is 0 Å². The van der Waals surface area contributed by atoms with E-state index in [1.165, 1.54) is 43.0 Å². The van der Waals surface area contributed by atoms with Gasteiger partial charge in [0, 0.05) is 0 Å². The van der Waals surface area contributed by atoms with Crippen LogP contribution in [0.5, 0.6) is 0 Å². The van der Waals surface area contributed by atoms with E-state index in [0.29, 0.717) is 29.9 Å². The minimum atomic E-state index is 0.471. The predicted molar refractivity (Wildman–Crippen MR) is 113 cm³/mol. The van der Waals surface area contributed by atoms with Gasteiger partial charge in [0.15, 0.2) is 0 Å². The number of rotatable bonds is 5. The molecule has 3 heteroatoms. The van der Waals surface area contributed by atoms with E-state index in [1.54, 1.807) is 4.46 Å². The topological polar surface area (TPSA) is 0 Å². The first-order chi connectivity index (χ1) is 12.4. The van der Waals surface area contributed by atoms with Gasteiger partial charge in [-0.3, -0.25) is 0 Å². The molecule has 2 fully saturated rings. The molecule has 2 aromatic rings. The molecule has 2 aliphatic heterocycles.